The molecule has 0 aromatic carbocycles. The van der Waals surface area contributed by atoms with Crippen LogP contribution in [0.4, 0.5) is 0 Å². The Bertz CT molecular complexity index is 201. The molecule has 0 aromatic heterocycles. The molecule has 3 N–H and O–H groups in total. The number of likely N-dealkylation sites (N-methyl/N-ethyl adjacent to an activating group) is 1. The summed E-state index contributed by atoms with van der Waals surface area (Å²) in [6.45, 7) is 4.02. The zero-order chi connectivity index (χ0) is 11.5. The number of halogens is 1. The molecule has 0 heterocycles. The summed E-state index contributed by atoms with van der Waals surface area (Å²) in [6, 6.07) is 0. The highest BCUT2D eigenvalue weighted by molar-refractivity contribution is 5.85. The van der Waals surface area contributed by atoms with Crippen molar-refractivity contribution in [3.05, 3.63) is 0 Å². The van der Waals surface area contributed by atoms with E-state index in [0.717, 1.165) is 13.0 Å². The molecule has 0 unspecified atom stereocenters. The number of carbonyl (C=O) groups is 2. The molecule has 0 fully saturated rings. The second-order valence-corrected chi connectivity index (χ2v) is 3.30. The van der Waals surface area contributed by atoms with E-state index >= 15 is 0 Å². The molecule has 0 atom stereocenters. The first-order valence-electron chi connectivity index (χ1n) is 5.38. The molecule has 0 aliphatic rings. The van der Waals surface area contributed by atoms with Gasteiger partial charge in [0, 0.05) is 32.5 Å². The average Bonchev–Trinajstić information content (AvgIpc) is 2.24. The third-order valence-corrected chi connectivity index (χ3v) is 1.85. The highest BCUT2D eigenvalue weighted by Gasteiger charge is 2.04. The van der Waals surface area contributed by atoms with Crippen LogP contribution < -0.4 is 16.0 Å². The van der Waals surface area contributed by atoms with Gasteiger partial charge in [-0.2, -0.15) is 0 Å². The lowest BCUT2D eigenvalue weighted by molar-refractivity contribution is -0.126. The summed E-state index contributed by atoms with van der Waals surface area (Å²) in [4.78, 5) is 22.3. The summed E-state index contributed by atoms with van der Waals surface area (Å²) >= 11 is 0. The van der Waals surface area contributed by atoms with Crippen molar-refractivity contribution in [2.24, 2.45) is 0 Å². The second-order valence-electron chi connectivity index (χ2n) is 3.30. The fourth-order valence-electron chi connectivity index (χ4n) is 0.995. The van der Waals surface area contributed by atoms with E-state index in [2.05, 4.69) is 16.0 Å². The summed E-state index contributed by atoms with van der Waals surface area (Å²) in [5.74, 6) is -0.127. The van der Waals surface area contributed by atoms with Crippen molar-refractivity contribution in [1.82, 2.24) is 16.0 Å². The Balaban J connectivity index is 0. The molecule has 0 radical (unpaired) electrons. The molecule has 0 aliphatic heterocycles. The van der Waals surface area contributed by atoms with Gasteiger partial charge in [0.2, 0.25) is 11.8 Å². The second kappa shape index (κ2) is 12.3. The van der Waals surface area contributed by atoms with E-state index in [1.807, 2.05) is 14.0 Å². The standard InChI is InChI=1S/C10H21N3O2.ClH/c1-3-6-12-9(14)4-5-10(15)13-8-7-11-2;/h11H,3-8H2,1-2H3,(H,12,14)(H,13,15);1H. The van der Waals surface area contributed by atoms with Gasteiger partial charge < -0.3 is 16.0 Å². The highest BCUT2D eigenvalue weighted by atomic mass is 35.5. The minimum Gasteiger partial charge on any atom is -0.356 e. The van der Waals surface area contributed by atoms with Crippen molar-refractivity contribution in [2.45, 2.75) is 26.2 Å². The number of rotatable bonds is 8. The molecule has 0 saturated heterocycles. The van der Waals surface area contributed by atoms with E-state index < -0.39 is 0 Å². The van der Waals surface area contributed by atoms with Gasteiger partial charge in [0.05, 0.1) is 0 Å². The quantitative estimate of drug-likeness (QED) is 0.534. The van der Waals surface area contributed by atoms with Crippen LogP contribution >= 0.6 is 12.4 Å². The molecule has 0 aromatic rings. The summed E-state index contributed by atoms with van der Waals surface area (Å²) in [6.07, 6.45) is 1.45. The number of carbonyl (C=O) groups excluding carboxylic acids is 2. The van der Waals surface area contributed by atoms with Crippen molar-refractivity contribution in [1.29, 1.82) is 0 Å². The minimum atomic E-state index is -0.0723. The van der Waals surface area contributed by atoms with Crippen molar-refractivity contribution in [3.8, 4) is 0 Å². The van der Waals surface area contributed by atoms with Gasteiger partial charge in [0.15, 0.2) is 0 Å². The minimum absolute atomic E-state index is 0. The summed E-state index contributed by atoms with van der Waals surface area (Å²) in [5, 5.41) is 8.36. The van der Waals surface area contributed by atoms with E-state index in [1.54, 1.807) is 0 Å². The van der Waals surface area contributed by atoms with Crippen molar-refractivity contribution >= 4 is 24.2 Å². The molecule has 5 nitrogen and oxygen atoms in total. The van der Waals surface area contributed by atoms with Crippen LogP contribution in [0, 0.1) is 0 Å². The average molecular weight is 252 g/mol. The van der Waals surface area contributed by atoms with Crippen LogP contribution in [-0.2, 0) is 9.59 Å². The van der Waals surface area contributed by atoms with E-state index in [0.29, 0.717) is 13.1 Å². The fraction of sp³-hybridized carbons (Fsp3) is 0.800. The van der Waals surface area contributed by atoms with Crippen LogP contribution in [-0.4, -0.2) is 38.5 Å². The van der Waals surface area contributed by atoms with E-state index in [-0.39, 0.29) is 37.1 Å². The number of hydrogen-bond donors (Lipinski definition) is 3. The lowest BCUT2D eigenvalue weighted by atomic mass is 10.2. The van der Waals surface area contributed by atoms with Crippen LogP contribution in [0.25, 0.3) is 0 Å². The molecule has 2 amide bonds. The molecule has 0 bridgehead atoms. The van der Waals surface area contributed by atoms with Crippen molar-refractivity contribution in [3.63, 3.8) is 0 Å². The van der Waals surface area contributed by atoms with E-state index in [1.165, 1.54) is 0 Å². The zero-order valence-corrected chi connectivity index (χ0v) is 10.8. The van der Waals surface area contributed by atoms with Crippen molar-refractivity contribution < 1.29 is 9.59 Å². The van der Waals surface area contributed by atoms with Gasteiger partial charge in [-0.15, -0.1) is 12.4 Å². The first-order valence-corrected chi connectivity index (χ1v) is 5.38. The molecule has 96 valence electrons. The predicted molar refractivity (Wildman–Crippen MR) is 66.7 cm³/mol. The molecule has 0 saturated carbocycles. The lowest BCUT2D eigenvalue weighted by Gasteiger charge is -2.05. The zero-order valence-electron chi connectivity index (χ0n) is 9.97. The first-order chi connectivity index (χ1) is 7.20. The van der Waals surface area contributed by atoms with Gasteiger partial charge in [0.25, 0.3) is 0 Å². The number of amides is 2. The third-order valence-electron chi connectivity index (χ3n) is 1.85. The fourth-order valence-corrected chi connectivity index (χ4v) is 0.995. The van der Waals surface area contributed by atoms with E-state index in [4.69, 9.17) is 0 Å². The van der Waals surface area contributed by atoms with E-state index in [9.17, 15) is 9.59 Å². The molecular formula is C10H22ClN3O2. The maximum Gasteiger partial charge on any atom is 0.220 e. The summed E-state index contributed by atoms with van der Waals surface area (Å²) in [5.41, 5.74) is 0. The van der Waals surface area contributed by atoms with Crippen LogP contribution in [0.15, 0.2) is 0 Å². The predicted octanol–water partition coefficient (Wildman–Crippen LogP) is 0.0502. The lowest BCUT2D eigenvalue weighted by Crippen LogP contribution is -2.32. The summed E-state index contributed by atoms with van der Waals surface area (Å²) < 4.78 is 0. The Morgan fingerprint density at radius 2 is 1.44 bits per heavy atom. The number of nitrogens with one attached hydrogen (secondary N) is 3. The Morgan fingerprint density at radius 3 is 1.88 bits per heavy atom. The Labute approximate surface area is 103 Å². The third kappa shape index (κ3) is 11.3. The summed E-state index contributed by atoms with van der Waals surface area (Å²) in [7, 11) is 1.82. The largest absolute Gasteiger partial charge is 0.356 e. The first kappa shape index (κ1) is 17.6. The maximum atomic E-state index is 11.2. The molecule has 16 heavy (non-hydrogen) atoms. The van der Waals surface area contributed by atoms with Crippen LogP contribution in [0.5, 0.6) is 0 Å². The van der Waals surface area contributed by atoms with Gasteiger partial charge in [-0.1, -0.05) is 6.92 Å². The normalized spacial score (nSPS) is 9.12. The van der Waals surface area contributed by atoms with Gasteiger partial charge in [-0.05, 0) is 13.5 Å². The molecule has 0 aliphatic carbocycles. The van der Waals surface area contributed by atoms with Gasteiger partial charge in [0.1, 0.15) is 0 Å². The van der Waals surface area contributed by atoms with Gasteiger partial charge in [-0.3, -0.25) is 9.59 Å². The molecule has 6 heteroatoms. The number of hydrogen-bond acceptors (Lipinski definition) is 3. The maximum absolute atomic E-state index is 11.2. The smallest absolute Gasteiger partial charge is 0.220 e. The SMILES string of the molecule is CCCNC(=O)CCC(=O)NCCNC.Cl. The monoisotopic (exact) mass is 251 g/mol. The van der Waals surface area contributed by atoms with Crippen LogP contribution in [0.1, 0.15) is 26.2 Å². The highest BCUT2D eigenvalue weighted by Crippen LogP contribution is 1.88. The molecular weight excluding hydrogens is 230 g/mol. The Hall–Kier alpha value is -0.810. The van der Waals surface area contributed by atoms with Crippen LogP contribution in [0.2, 0.25) is 0 Å². The molecule has 0 spiro atoms. The Morgan fingerprint density at radius 1 is 0.938 bits per heavy atom. The molecule has 0 rings (SSSR count). The Kier molecular flexibility index (Phi) is 13.5. The van der Waals surface area contributed by atoms with Crippen molar-refractivity contribution in [2.75, 3.05) is 26.7 Å². The van der Waals surface area contributed by atoms with Crippen LogP contribution in [0.3, 0.4) is 0 Å². The van der Waals surface area contributed by atoms with Gasteiger partial charge in [-0.25, -0.2) is 0 Å². The topological polar surface area (TPSA) is 70.2 Å². The van der Waals surface area contributed by atoms with Gasteiger partial charge >= 0.3 is 0 Å².